The van der Waals surface area contributed by atoms with Crippen LogP contribution >= 0.6 is 0 Å². The zero-order valence-electron chi connectivity index (χ0n) is 37.4. The fourth-order valence-electron chi connectivity index (χ4n) is 14.4. The molecule has 2 nitrogen and oxygen atoms in total. The summed E-state index contributed by atoms with van der Waals surface area (Å²) in [4.78, 5) is 13.3. The molecular formula is C51H90O2. The van der Waals surface area contributed by atoms with Gasteiger partial charge in [-0.1, -0.05) is 184 Å². The summed E-state index contributed by atoms with van der Waals surface area (Å²) in [6.07, 6.45) is 38.4. The lowest BCUT2D eigenvalue weighted by Gasteiger charge is -2.72. The van der Waals surface area contributed by atoms with Gasteiger partial charge in [0.25, 0.3) is 0 Å². The maximum atomic E-state index is 13.3. The monoisotopic (exact) mass is 735 g/mol. The lowest BCUT2D eigenvalue weighted by atomic mass is 9.33. The molecule has 5 aliphatic carbocycles. The van der Waals surface area contributed by atoms with Gasteiger partial charge in [-0.15, -0.1) is 0 Å². The van der Waals surface area contributed by atoms with Gasteiger partial charge >= 0.3 is 5.97 Å². The van der Waals surface area contributed by atoms with Crippen LogP contribution in [0.3, 0.4) is 0 Å². The van der Waals surface area contributed by atoms with Crippen molar-refractivity contribution in [1.29, 1.82) is 0 Å². The second-order valence-corrected chi connectivity index (χ2v) is 22.6. The molecule has 2 heteroatoms. The fourth-order valence-corrected chi connectivity index (χ4v) is 14.4. The van der Waals surface area contributed by atoms with E-state index in [0.29, 0.717) is 45.3 Å². The first-order valence-electron chi connectivity index (χ1n) is 24.0. The highest BCUT2D eigenvalue weighted by Crippen LogP contribution is 2.76. The summed E-state index contributed by atoms with van der Waals surface area (Å²) < 4.78 is 6.45. The number of carbonyl (C=O) groups is 1. The third kappa shape index (κ3) is 9.03. The molecule has 0 aromatic heterocycles. The fraction of sp³-hybridized carbons (Fsp3) is 0.941. The van der Waals surface area contributed by atoms with E-state index in [2.05, 4.69) is 75.3 Å². The molecule has 0 unspecified atom stereocenters. The minimum atomic E-state index is 0.0228. The van der Waals surface area contributed by atoms with Gasteiger partial charge in [0.15, 0.2) is 0 Å². The van der Waals surface area contributed by atoms with Crippen LogP contribution in [0.25, 0.3) is 0 Å². The summed E-state index contributed by atoms with van der Waals surface area (Å²) in [5.74, 6) is 2.91. The van der Waals surface area contributed by atoms with Crippen molar-refractivity contribution in [3.05, 3.63) is 11.6 Å². The molecule has 0 aromatic rings. The van der Waals surface area contributed by atoms with Gasteiger partial charge in [0, 0.05) is 11.8 Å². The molecular weight excluding hydrogens is 645 g/mol. The molecule has 0 aliphatic heterocycles. The molecule has 9 atom stereocenters. The summed E-state index contributed by atoms with van der Waals surface area (Å²) in [5, 5.41) is 0. The normalized spacial score (nSPS) is 38.5. The van der Waals surface area contributed by atoms with E-state index >= 15 is 0 Å². The van der Waals surface area contributed by atoms with Crippen LogP contribution in [0.1, 0.15) is 243 Å². The minimum Gasteiger partial charge on any atom is -0.462 e. The molecule has 0 amide bonds. The Morgan fingerprint density at radius 2 is 1.19 bits per heavy atom. The average Bonchev–Trinajstić information content (AvgIpc) is 3.09. The number of ether oxygens (including phenoxy) is 1. The first-order valence-corrected chi connectivity index (χ1v) is 24.0. The molecule has 4 fully saturated rings. The number of allylic oxidation sites excluding steroid dienone is 2. The van der Waals surface area contributed by atoms with E-state index in [1.54, 1.807) is 0 Å². The highest BCUT2D eigenvalue weighted by Gasteiger charge is 2.69. The maximum absolute atomic E-state index is 13.3. The number of carbonyl (C=O) groups excluding carboxylic acids is 1. The Hall–Kier alpha value is -0.790. The van der Waals surface area contributed by atoms with Gasteiger partial charge in [0.1, 0.15) is 6.10 Å². The largest absolute Gasteiger partial charge is 0.462 e. The van der Waals surface area contributed by atoms with Crippen molar-refractivity contribution in [1.82, 2.24) is 0 Å². The molecule has 0 saturated heterocycles. The second kappa shape index (κ2) is 17.8. The number of esters is 1. The predicted octanol–water partition coefficient (Wildman–Crippen LogP) is 16.0. The van der Waals surface area contributed by atoms with Gasteiger partial charge in [-0.25, -0.2) is 0 Å². The van der Waals surface area contributed by atoms with E-state index in [1.807, 2.05) is 5.57 Å². The van der Waals surface area contributed by atoms with E-state index in [1.165, 1.54) is 154 Å². The van der Waals surface area contributed by atoms with Crippen molar-refractivity contribution in [2.75, 3.05) is 0 Å². The topological polar surface area (TPSA) is 26.3 Å². The predicted molar refractivity (Wildman–Crippen MR) is 228 cm³/mol. The maximum Gasteiger partial charge on any atom is 0.306 e. The van der Waals surface area contributed by atoms with E-state index < -0.39 is 0 Å². The Morgan fingerprint density at radius 1 is 0.642 bits per heavy atom. The average molecular weight is 735 g/mol. The zero-order valence-corrected chi connectivity index (χ0v) is 37.4. The van der Waals surface area contributed by atoms with Crippen molar-refractivity contribution in [2.24, 2.45) is 56.2 Å². The van der Waals surface area contributed by atoms with Gasteiger partial charge in [-0.3, -0.25) is 4.79 Å². The van der Waals surface area contributed by atoms with Crippen LogP contribution in [0.15, 0.2) is 11.6 Å². The third-order valence-electron chi connectivity index (χ3n) is 18.3. The standard InChI is InChI=1S/C51H90O2/c1-11-12-13-14-15-16-17-18-19-20-21-22-23-24-25-26-27-28-45(52)53-44-32-33-49(8)42(47(44,5)6)31-34-50(9)43(49)30-29-40-41-38-46(3,4)35-36-48(41,7)39(2)37-51(40,50)10/h29,39,41-44H,11-28,30-38H2,1-10H3/t39-,41+,42-,43+,44+,48+,49-,50+,51+/m0/s1. The Bertz CT molecular complexity index is 1210. The van der Waals surface area contributed by atoms with Crippen LogP contribution < -0.4 is 0 Å². The highest BCUT2D eigenvalue weighted by atomic mass is 16.5. The SMILES string of the molecule is CCCCCCCCCCCCCCCCCCCC(=O)O[C@@H]1CC[C@]2(C)[C@H]3CC=C4[C@H]5CC(C)(C)CC[C@]5(C)[C@@H](C)C[C@@]4(C)[C@]3(C)CC[C@H]2C1(C)C. The van der Waals surface area contributed by atoms with Gasteiger partial charge < -0.3 is 4.74 Å². The van der Waals surface area contributed by atoms with Crippen LogP contribution in [0.2, 0.25) is 0 Å². The number of fused-ring (bicyclic) bond motifs is 7. The third-order valence-corrected chi connectivity index (χ3v) is 18.3. The summed E-state index contributed by atoms with van der Waals surface area (Å²) in [7, 11) is 0. The van der Waals surface area contributed by atoms with E-state index in [4.69, 9.17) is 4.74 Å². The van der Waals surface area contributed by atoms with Crippen LogP contribution in [0.4, 0.5) is 0 Å². The summed E-state index contributed by atoms with van der Waals surface area (Å²) in [5.41, 5.74) is 3.74. The lowest BCUT2D eigenvalue weighted by molar-refractivity contribution is -0.215. The Kier molecular flexibility index (Phi) is 14.5. The Balaban J connectivity index is 1.04. The van der Waals surface area contributed by atoms with Crippen molar-refractivity contribution in [2.45, 2.75) is 249 Å². The quantitative estimate of drug-likeness (QED) is 0.0750. The molecule has 0 aromatic carbocycles. The molecule has 0 radical (unpaired) electrons. The number of unbranched alkanes of at least 4 members (excludes halogenated alkanes) is 16. The molecule has 0 heterocycles. The Labute approximate surface area is 331 Å². The van der Waals surface area contributed by atoms with Crippen LogP contribution in [-0.4, -0.2) is 12.1 Å². The summed E-state index contributed by atoms with van der Waals surface area (Å²) in [6, 6.07) is 0. The molecule has 0 spiro atoms. The van der Waals surface area contributed by atoms with E-state index in [0.717, 1.165) is 24.7 Å². The molecule has 5 aliphatic rings. The van der Waals surface area contributed by atoms with Crippen LogP contribution in [0.5, 0.6) is 0 Å². The molecule has 5 rings (SSSR count). The van der Waals surface area contributed by atoms with E-state index in [-0.39, 0.29) is 17.5 Å². The molecule has 53 heavy (non-hydrogen) atoms. The molecule has 306 valence electrons. The van der Waals surface area contributed by atoms with Gasteiger partial charge in [-0.05, 0) is 115 Å². The number of rotatable bonds is 19. The first kappa shape index (κ1) is 43.3. The minimum absolute atomic E-state index is 0.0228. The van der Waals surface area contributed by atoms with Gasteiger partial charge in [0.2, 0.25) is 0 Å². The van der Waals surface area contributed by atoms with E-state index in [9.17, 15) is 4.79 Å². The molecule has 0 N–H and O–H groups in total. The van der Waals surface area contributed by atoms with Gasteiger partial charge in [-0.2, -0.15) is 0 Å². The van der Waals surface area contributed by atoms with Crippen molar-refractivity contribution >= 4 is 5.97 Å². The van der Waals surface area contributed by atoms with Crippen molar-refractivity contribution in [3.8, 4) is 0 Å². The number of hydrogen-bond acceptors (Lipinski definition) is 2. The zero-order chi connectivity index (χ0) is 38.5. The first-order chi connectivity index (χ1) is 25.1. The summed E-state index contributed by atoms with van der Waals surface area (Å²) in [6.45, 7) is 25.8. The Morgan fingerprint density at radius 3 is 1.75 bits per heavy atom. The van der Waals surface area contributed by atoms with Crippen molar-refractivity contribution in [3.63, 3.8) is 0 Å². The second-order valence-electron chi connectivity index (χ2n) is 22.6. The highest BCUT2D eigenvalue weighted by molar-refractivity contribution is 5.69. The van der Waals surface area contributed by atoms with Crippen molar-refractivity contribution < 1.29 is 9.53 Å². The molecule has 4 saturated carbocycles. The summed E-state index contributed by atoms with van der Waals surface area (Å²) >= 11 is 0. The van der Waals surface area contributed by atoms with Gasteiger partial charge in [0.05, 0.1) is 0 Å². The molecule has 0 bridgehead atoms. The van der Waals surface area contributed by atoms with Crippen LogP contribution in [0, 0.1) is 56.2 Å². The van der Waals surface area contributed by atoms with Crippen LogP contribution in [-0.2, 0) is 9.53 Å². The number of hydrogen-bond donors (Lipinski definition) is 0. The smallest absolute Gasteiger partial charge is 0.306 e. The lowest BCUT2D eigenvalue weighted by Crippen LogP contribution is -2.65.